The van der Waals surface area contributed by atoms with Crippen molar-refractivity contribution >= 4 is 88.5 Å². The first-order valence-corrected chi connectivity index (χ1v) is 24.2. The summed E-state index contributed by atoms with van der Waals surface area (Å²) in [4.78, 5) is 4.46. The SMILES string of the molecule is N#Cc1ccc(N(c2ccc(-c3cccc4c(N(c5ccc(C#N)cc5)c5ccc6c(c5)c5ccccc5n6-c5ccc(F)cc5)cccc34)cc2)c2ccc3c(c2)c2ccccc2n3-c2ccc(F)cc2)cc1. The molecule has 348 valence electrons. The number of halogens is 2. The number of fused-ring (bicyclic) bond motifs is 7. The van der Waals surface area contributed by atoms with Crippen LogP contribution >= 0.6 is 0 Å². The molecular formula is C66H40F2N6. The van der Waals surface area contributed by atoms with E-state index in [0.717, 1.165) is 111 Å². The Labute approximate surface area is 424 Å². The van der Waals surface area contributed by atoms with Gasteiger partial charge in [0, 0.05) is 66.7 Å². The fourth-order valence-electron chi connectivity index (χ4n) is 10.7. The minimum Gasteiger partial charge on any atom is -0.310 e. The van der Waals surface area contributed by atoms with Crippen LogP contribution in [0.25, 0.3) is 76.9 Å². The zero-order valence-electron chi connectivity index (χ0n) is 39.5. The Hall–Kier alpha value is -10.3. The summed E-state index contributed by atoms with van der Waals surface area (Å²) >= 11 is 0. The molecule has 8 heteroatoms. The number of aromatic nitrogens is 2. The number of nitriles is 2. The number of nitrogens with zero attached hydrogens (tertiary/aromatic N) is 6. The van der Waals surface area contributed by atoms with Crippen molar-refractivity contribution in [1.29, 1.82) is 10.5 Å². The van der Waals surface area contributed by atoms with Gasteiger partial charge in [-0.25, -0.2) is 8.78 Å². The third-order valence-electron chi connectivity index (χ3n) is 14.1. The summed E-state index contributed by atoms with van der Waals surface area (Å²) in [5.74, 6) is -0.568. The molecule has 2 heterocycles. The minimum atomic E-state index is -0.284. The smallest absolute Gasteiger partial charge is 0.123 e. The van der Waals surface area contributed by atoms with Gasteiger partial charge in [-0.2, -0.15) is 10.5 Å². The maximum atomic E-state index is 14.2. The van der Waals surface area contributed by atoms with Crippen LogP contribution in [-0.4, -0.2) is 9.13 Å². The van der Waals surface area contributed by atoms with E-state index in [1.807, 2.05) is 84.9 Å². The fourth-order valence-corrected chi connectivity index (χ4v) is 10.7. The standard InChI is InChI=1S/C66H40F2N6/c67-46-21-31-51(32-22-46)73-63-12-3-1-7-58(63)60-39-53(35-37-65(60)73)71(48-25-15-43(41-69)16-26-48)49-29-19-45(20-30-49)55-9-5-11-57-56(55)10-6-14-62(57)72(50-27-17-44(42-70)18-28-50)54-36-38-66-61(40-54)59-8-2-4-13-64(59)74(66)52-33-23-47(68)24-34-52/h1-40H. The van der Waals surface area contributed by atoms with Crippen LogP contribution in [0.5, 0.6) is 0 Å². The minimum absolute atomic E-state index is 0.284. The molecule has 0 fully saturated rings. The molecule has 0 aliphatic heterocycles. The molecule has 0 aliphatic rings. The highest BCUT2D eigenvalue weighted by Crippen LogP contribution is 2.45. The summed E-state index contributed by atoms with van der Waals surface area (Å²) in [5, 5.41) is 25.9. The molecule has 0 aliphatic carbocycles. The Morgan fingerprint density at radius 3 is 1.24 bits per heavy atom. The van der Waals surface area contributed by atoms with Gasteiger partial charge in [0.25, 0.3) is 0 Å². The Morgan fingerprint density at radius 1 is 0.324 bits per heavy atom. The number of rotatable bonds is 9. The van der Waals surface area contributed by atoms with Crippen molar-refractivity contribution in [3.8, 4) is 34.6 Å². The van der Waals surface area contributed by atoms with E-state index in [-0.39, 0.29) is 11.6 Å². The number of hydrogen-bond donors (Lipinski definition) is 0. The summed E-state index contributed by atoms with van der Waals surface area (Å²) in [6.45, 7) is 0. The second kappa shape index (κ2) is 17.8. The molecule has 0 bridgehead atoms. The molecule has 0 saturated heterocycles. The summed E-state index contributed by atoms with van der Waals surface area (Å²) in [6.07, 6.45) is 0. The average Bonchev–Trinajstić information content (AvgIpc) is 3.99. The van der Waals surface area contributed by atoms with Gasteiger partial charge in [0.05, 0.1) is 51.0 Å². The Balaban J connectivity index is 0.925. The molecule has 13 rings (SSSR count). The fraction of sp³-hybridized carbons (Fsp3) is 0. The van der Waals surface area contributed by atoms with Gasteiger partial charge in [-0.3, -0.25) is 0 Å². The van der Waals surface area contributed by atoms with Crippen LogP contribution in [0, 0.1) is 34.3 Å². The number of hydrogen-bond acceptors (Lipinski definition) is 4. The van der Waals surface area contributed by atoms with Crippen molar-refractivity contribution in [1.82, 2.24) is 9.13 Å². The first kappa shape index (κ1) is 43.7. The van der Waals surface area contributed by atoms with Crippen LogP contribution in [0.4, 0.5) is 42.9 Å². The van der Waals surface area contributed by atoms with Crippen LogP contribution in [0.15, 0.2) is 243 Å². The lowest BCUT2D eigenvalue weighted by molar-refractivity contribution is 0.627. The molecule has 0 amide bonds. The summed E-state index contributed by atoms with van der Waals surface area (Å²) in [7, 11) is 0. The predicted molar refractivity (Wildman–Crippen MR) is 297 cm³/mol. The molecule has 0 N–H and O–H groups in total. The molecule has 11 aromatic carbocycles. The van der Waals surface area contributed by atoms with E-state index in [1.54, 1.807) is 12.1 Å². The monoisotopic (exact) mass is 954 g/mol. The lowest BCUT2D eigenvalue weighted by atomic mass is 9.96. The van der Waals surface area contributed by atoms with Crippen LogP contribution in [-0.2, 0) is 0 Å². The van der Waals surface area contributed by atoms with Crippen LogP contribution in [0.1, 0.15) is 11.1 Å². The van der Waals surface area contributed by atoms with Crippen molar-refractivity contribution in [2.75, 3.05) is 9.80 Å². The van der Waals surface area contributed by atoms with Crippen LogP contribution < -0.4 is 9.80 Å². The largest absolute Gasteiger partial charge is 0.310 e. The highest BCUT2D eigenvalue weighted by molar-refractivity contribution is 6.13. The van der Waals surface area contributed by atoms with Crippen molar-refractivity contribution in [3.63, 3.8) is 0 Å². The molecule has 0 saturated carbocycles. The zero-order chi connectivity index (χ0) is 49.9. The van der Waals surface area contributed by atoms with E-state index in [9.17, 15) is 19.3 Å². The third-order valence-corrected chi connectivity index (χ3v) is 14.1. The van der Waals surface area contributed by atoms with Gasteiger partial charge in [0.15, 0.2) is 0 Å². The molecule has 0 radical (unpaired) electrons. The Kier molecular flexibility index (Phi) is 10.5. The van der Waals surface area contributed by atoms with Gasteiger partial charge in [-0.15, -0.1) is 0 Å². The normalized spacial score (nSPS) is 11.4. The van der Waals surface area contributed by atoms with E-state index in [4.69, 9.17) is 0 Å². The van der Waals surface area contributed by atoms with Crippen molar-refractivity contribution in [2.24, 2.45) is 0 Å². The van der Waals surface area contributed by atoms with E-state index < -0.39 is 0 Å². The zero-order valence-corrected chi connectivity index (χ0v) is 39.5. The maximum absolute atomic E-state index is 14.2. The summed E-state index contributed by atoms with van der Waals surface area (Å²) in [5.41, 5.74) is 14.6. The van der Waals surface area contributed by atoms with Crippen molar-refractivity contribution in [2.45, 2.75) is 0 Å². The molecule has 6 nitrogen and oxygen atoms in total. The summed E-state index contributed by atoms with van der Waals surface area (Å²) < 4.78 is 32.6. The molecule has 0 spiro atoms. The number of anilines is 6. The Morgan fingerprint density at radius 2 is 0.730 bits per heavy atom. The van der Waals surface area contributed by atoms with E-state index in [0.29, 0.717) is 11.1 Å². The lowest BCUT2D eigenvalue weighted by Gasteiger charge is -2.27. The van der Waals surface area contributed by atoms with Gasteiger partial charge < -0.3 is 18.9 Å². The van der Waals surface area contributed by atoms with Crippen LogP contribution in [0.3, 0.4) is 0 Å². The first-order chi connectivity index (χ1) is 36.4. The van der Waals surface area contributed by atoms with Gasteiger partial charge in [-0.05, 0) is 180 Å². The van der Waals surface area contributed by atoms with Gasteiger partial charge in [-0.1, -0.05) is 78.9 Å². The summed E-state index contributed by atoms with van der Waals surface area (Å²) in [6, 6.07) is 84.0. The maximum Gasteiger partial charge on any atom is 0.123 e. The van der Waals surface area contributed by atoms with Gasteiger partial charge in [0.1, 0.15) is 11.6 Å². The van der Waals surface area contributed by atoms with Gasteiger partial charge in [0.2, 0.25) is 0 Å². The molecule has 74 heavy (non-hydrogen) atoms. The highest BCUT2D eigenvalue weighted by Gasteiger charge is 2.22. The third kappa shape index (κ3) is 7.37. The van der Waals surface area contributed by atoms with Gasteiger partial charge >= 0.3 is 0 Å². The van der Waals surface area contributed by atoms with E-state index in [1.165, 1.54) is 24.3 Å². The number of para-hydroxylation sites is 2. The first-order valence-electron chi connectivity index (χ1n) is 24.2. The molecule has 0 atom stereocenters. The topological polar surface area (TPSA) is 63.9 Å². The quantitative estimate of drug-likeness (QED) is 0.145. The van der Waals surface area contributed by atoms with E-state index in [2.05, 4.69) is 152 Å². The molecule has 0 unspecified atom stereocenters. The number of benzene rings is 11. The van der Waals surface area contributed by atoms with Crippen molar-refractivity contribution < 1.29 is 8.78 Å². The molecule has 13 aromatic rings. The van der Waals surface area contributed by atoms with Crippen molar-refractivity contribution in [3.05, 3.63) is 265 Å². The average molecular weight is 955 g/mol. The van der Waals surface area contributed by atoms with Crippen LogP contribution in [0.2, 0.25) is 0 Å². The second-order valence-corrected chi connectivity index (χ2v) is 18.3. The Bertz CT molecular complexity index is 4390. The molecular weight excluding hydrogens is 915 g/mol. The predicted octanol–water partition coefficient (Wildman–Crippen LogP) is 17.7. The molecule has 2 aromatic heterocycles. The lowest BCUT2D eigenvalue weighted by Crippen LogP contribution is -2.10. The van der Waals surface area contributed by atoms with E-state index >= 15 is 0 Å². The second-order valence-electron chi connectivity index (χ2n) is 18.3. The highest BCUT2D eigenvalue weighted by atomic mass is 19.1.